The summed E-state index contributed by atoms with van der Waals surface area (Å²) in [6.45, 7) is 4.56. The highest BCUT2D eigenvalue weighted by molar-refractivity contribution is 14.1. The van der Waals surface area contributed by atoms with E-state index in [4.69, 9.17) is 11.6 Å². The van der Waals surface area contributed by atoms with Crippen molar-refractivity contribution < 1.29 is 4.79 Å². The summed E-state index contributed by atoms with van der Waals surface area (Å²) in [5.74, 6) is 0.0708. The molecule has 1 aromatic carbocycles. The molecule has 0 unspecified atom stereocenters. The number of carbonyl (C=O) groups is 1. The Kier molecular flexibility index (Phi) is 4.62. The van der Waals surface area contributed by atoms with Gasteiger partial charge < -0.3 is 0 Å². The molecule has 1 heterocycles. The maximum Gasteiger partial charge on any atom is 0.169 e. The molecule has 0 atom stereocenters. The van der Waals surface area contributed by atoms with Gasteiger partial charge in [0.2, 0.25) is 0 Å². The molecule has 2 aromatic rings. The summed E-state index contributed by atoms with van der Waals surface area (Å²) in [6.07, 6.45) is 0.285. The first-order valence-corrected chi connectivity index (χ1v) is 7.49. The van der Waals surface area contributed by atoms with E-state index in [1.54, 1.807) is 4.68 Å². The van der Waals surface area contributed by atoms with Crippen molar-refractivity contribution in [2.45, 2.75) is 26.8 Å². The van der Waals surface area contributed by atoms with Gasteiger partial charge in [-0.3, -0.25) is 9.48 Å². The molecular formula is C14H14ClIN2O. The quantitative estimate of drug-likeness (QED) is 0.588. The first-order chi connectivity index (χ1) is 9.04. The summed E-state index contributed by atoms with van der Waals surface area (Å²) in [5.41, 5.74) is 2.31. The molecule has 0 saturated carbocycles. The van der Waals surface area contributed by atoms with E-state index in [1.807, 2.05) is 38.1 Å². The van der Waals surface area contributed by atoms with E-state index < -0.39 is 0 Å². The normalized spacial score (nSPS) is 10.7. The molecule has 0 aliphatic rings. The number of carbonyl (C=O) groups excluding carboxylic acids is 1. The Bertz CT molecular complexity index is 622. The van der Waals surface area contributed by atoms with Gasteiger partial charge in [-0.05, 0) is 42.5 Å². The van der Waals surface area contributed by atoms with Gasteiger partial charge in [0, 0.05) is 15.7 Å². The fraction of sp³-hybridized carbons (Fsp3) is 0.286. The molecule has 100 valence electrons. The van der Waals surface area contributed by atoms with E-state index in [9.17, 15) is 4.79 Å². The zero-order chi connectivity index (χ0) is 14.0. The van der Waals surface area contributed by atoms with Crippen molar-refractivity contribution in [3.63, 3.8) is 0 Å². The van der Waals surface area contributed by atoms with Crippen molar-refractivity contribution in [3.05, 3.63) is 49.8 Å². The van der Waals surface area contributed by atoms with Gasteiger partial charge in [-0.2, -0.15) is 5.10 Å². The van der Waals surface area contributed by atoms with E-state index >= 15 is 0 Å². The van der Waals surface area contributed by atoms with Crippen molar-refractivity contribution in [1.82, 2.24) is 9.78 Å². The van der Waals surface area contributed by atoms with Crippen LogP contribution in [0.15, 0.2) is 24.3 Å². The standard InChI is InChI=1S/C14H14ClIN2O/c1-3-18-12(14(15)9(2)17-18)8-13(19)10-6-4-5-7-11(10)16/h4-7H,3,8H2,1-2H3. The molecule has 0 saturated heterocycles. The van der Waals surface area contributed by atoms with Crippen LogP contribution in [-0.4, -0.2) is 15.6 Å². The van der Waals surface area contributed by atoms with Crippen LogP contribution >= 0.6 is 34.2 Å². The minimum absolute atomic E-state index is 0.0708. The predicted molar refractivity (Wildman–Crippen MR) is 84.8 cm³/mol. The summed E-state index contributed by atoms with van der Waals surface area (Å²) in [7, 11) is 0. The van der Waals surface area contributed by atoms with Crippen molar-refractivity contribution in [2.75, 3.05) is 0 Å². The number of aromatic nitrogens is 2. The fourth-order valence-corrected chi connectivity index (χ4v) is 2.86. The average Bonchev–Trinajstić information content (AvgIpc) is 2.67. The third-order valence-electron chi connectivity index (χ3n) is 2.96. The van der Waals surface area contributed by atoms with Crippen LogP contribution in [0.2, 0.25) is 5.02 Å². The summed E-state index contributed by atoms with van der Waals surface area (Å²) < 4.78 is 2.76. The zero-order valence-corrected chi connectivity index (χ0v) is 13.7. The van der Waals surface area contributed by atoms with Gasteiger partial charge >= 0.3 is 0 Å². The maximum atomic E-state index is 12.4. The van der Waals surface area contributed by atoms with Crippen molar-refractivity contribution >= 4 is 40.0 Å². The lowest BCUT2D eigenvalue weighted by Gasteiger charge is -2.06. The molecule has 0 spiro atoms. The molecule has 0 N–H and O–H groups in total. The second kappa shape index (κ2) is 6.05. The van der Waals surface area contributed by atoms with E-state index in [-0.39, 0.29) is 12.2 Å². The monoisotopic (exact) mass is 388 g/mol. The second-order valence-corrected chi connectivity index (χ2v) is 5.78. The number of halogens is 2. The highest BCUT2D eigenvalue weighted by Crippen LogP contribution is 2.23. The van der Waals surface area contributed by atoms with Gasteiger partial charge in [-0.15, -0.1) is 0 Å². The van der Waals surface area contributed by atoms with Crippen LogP contribution in [0.5, 0.6) is 0 Å². The number of rotatable bonds is 4. The lowest BCUT2D eigenvalue weighted by molar-refractivity contribution is 0.0989. The minimum Gasteiger partial charge on any atom is -0.294 e. The van der Waals surface area contributed by atoms with Gasteiger partial charge in [-0.1, -0.05) is 29.8 Å². The number of Topliss-reactive ketones (excluding diaryl/α,β-unsaturated/α-hetero) is 1. The molecule has 2 rings (SSSR count). The maximum absolute atomic E-state index is 12.4. The molecule has 0 aliphatic heterocycles. The fourth-order valence-electron chi connectivity index (χ4n) is 1.97. The first kappa shape index (κ1) is 14.5. The van der Waals surface area contributed by atoms with Crippen molar-refractivity contribution in [1.29, 1.82) is 0 Å². The smallest absolute Gasteiger partial charge is 0.169 e. The Balaban J connectivity index is 2.32. The highest BCUT2D eigenvalue weighted by Gasteiger charge is 2.18. The van der Waals surface area contributed by atoms with Gasteiger partial charge in [0.1, 0.15) is 0 Å². The predicted octanol–water partition coefficient (Wildman–Crippen LogP) is 3.89. The summed E-state index contributed by atoms with van der Waals surface area (Å²) >= 11 is 8.40. The third kappa shape index (κ3) is 3.00. The molecule has 19 heavy (non-hydrogen) atoms. The Morgan fingerprint density at radius 2 is 2.11 bits per heavy atom. The summed E-state index contributed by atoms with van der Waals surface area (Å²) in [6, 6.07) is 7.57. The van der Waals surface area contributed by atoms with Gasteiger partial charge in [0.15, 0.2) is 5.78 Å². The van der Waals surface area contributed by atoms with E-state index in [1.165, 1.54) is 0 Å². The lowest BCUT2D eigenvalue weighted by Crippen LogP contribution is -2.11. The van der Waals surface area contributed by atoms with E-state index in [0.717, 1.165) is 20.5 Å². The van der Waals surface area contributed by atoms with Crippen LogP contribution in [0.25, 0.3) is 0 Å². The SMILES string of the molecule is CCn1nc(C)c(Cl)c1CC(=O)c1ccccc1I. The van der Waals surface area contributed by atoms with E-state index in [0.29, 0.717) is 11.6 Å². The Morgan fingerprint density at radius 1 is 1.42 bits per heavy atom. The summed E-state index contributed by atoms with van der Waals surface area (Å²) in [5, 5.41) is 4.93. The molecule has 0 fully saturated rings. The van der Waals surface area contributed by atoms with Crippen LogP contribution in [0, 0.1) is 10.5 Å². The number of benzene rings is 1. The molecule has 0 bridgehead atoms. The van der Waals surface area contributed by atoms with Crippen LogP contribution in [0.4, 0.5) is 0 Å². The number of aryl methyl sites for hydroxylation is 2. The topological polar surface area (TPSA) is 34.9 Å². The third-order valence-corrected chi connectivity index (χ3v) is 4.39. The van der Waals surface area contributed by atoms with Gasteiger partial charge in [-0.25, -0.2) is 0 Å². The van der Waals surface area contributed by atoms with E-state index in [2.05, 4.69) is 27.7 Å². The molecule has 0 amide bonds. The largest absolute Gasteiger partial charge is 0.294 e. The van der Waals surface area contributed by atoms with Crippen molar-refractivity contribution in [2.24, 2.45) is 0 Å². The second-order valence-electron chi connectivity index (χ2n) is 4.24. The molecule has 0 aliphatic carbocycles. The Labute approximate surface area is 131 Å². The number of hydrogen-bond acceptors (Lipinski definition) is 2. The van der Waals surface area contributed by atoms with Crippen molar-refractivity contribution in [3.8, 4) is 0 Å². The Hall–Kier alpha value is -0.880. The molecule has 5 heteroatoms. The molecule has 1 aromatic heterocycles. The average molecular weight is 389 g/mol. The lowest BCUT2D eigenvalue weighted by atomic mass is 10.1. The number of nitrogens with zero attached hydrogens (tertiary/aromatic N) is 2. The molecule has 3 nitrogen and oxygen atoms in total. The number of hydrogen-bond donors (Lipinski definition) is 0. The number of ketones is 1. The highest BCUT2D eigenvalue weighted by atomic mass is 127. The van der Waals surface area contributed by atoms with Crippen LogP contribution in [0.3, 0.4) is 0 Å². The summed E-state index contributed by atoms with van der Waals surface area (Å²) in [4.78, 5) is 12.4. The molecular weight excluding hydrogens is 375 g/mol. The zero-order valence-electron chi connectivity index (χ0n) is 10.8. The van der Waals surface area contributed by atoms with Crippen LogP contribution < -0.4 is 0 Å². The first-order valence-electron chi connectivity index (χ1n) is 6.04. The molecule has 0 radical (unpaired) electrons. The Morgan fingerprint density at radius 3 is 2.74 bits per heavy atom. The van der Waals surface area contributed by atoms with Gasteiger partial charge in [0.05, 0.1) is 22.8 Å². The van der Waals surface area contributed by atoms with Crippen LogP contribution in [0.1, 0.15) is 28.7 Å². The van der Waals surface area contributed by atoms with Gasteiger partial charge in [0.25, 0.3) is 0 Å². The van der Waals surface area contributed by atoms with Crippen LogP contribution in [-0.2, 0) is 13.0 Å². The minimum atomic E-state index is 0.0708.